The third-order valence-electron chi connectivity index (χ3n) is 3.63. The first-order valence-electron chi connectivity index (χ1n) is 7.30. The summed E-state index contributed by atoms with van der Waals surface area (Å²) < 4.78 is 5.77. The van der Waals surface area contributed by atoms with Crippen molar-refractivity contribution in [2.24, 2.45) is 0 Å². The van der Waals surface area contributed by atoms with Gasteiger partial charge in [0.1, 0.15) is 5.75 Å². The summed E-state index contributed by atoms with van der Waals surface area (Å²) in [5.41, 5.74) is 0.931. The average molecular weight is 312 g/mol. The van der Waals surface area contributed by atoms with E-state index in [-0.39, 0.29) is 5.25 Å². The highest BCUT2D eigenvalue weighted by Gasteiger charge is 2.32. The number of aliphatic hydroxyl groups excluding tert-OH is 1. The smallest absolute Gasteiger partial charge is 0.125 e. The van der Waals surface area contributed by atoms with Crippen LogP contribution in [0.25, 0.3) is 0 Å². The van der Waals surface area contributed by atoms with Crippen molar-refractivity contribution in [2.45, 2.75) is 49.0 Å². The van der Waals surface area contributed by atoms with Crippen LogP contribution >= 0.6 is 23.5 Å². The number of hydrogen-bond acceptors (Lipinski definition) is 4. The van der Waals surface area contributed by atoms with E-state index in [2.05, 4.69) is 20.8 Å². The third-order valence-corrected chi connectivity index (χ3v) is 7.11. The lowest BCUT2D eigenvalue weighted by Gasteiger charge is -2.34. The van der Waals surface area contributed by atoms with E-state index in [9.17, 15) is 5.11 Å². The zero-order chi connectivity index (χ0) is 14.5. The van der Waals surface area contributed by atoms with Gasteiger partial charge in [0.15, 0.2) is 0 Å². The molecule has 112 valence electrons. The van der Waals surface area contributed by atoms with Gasteiger partial charge in [0.25, 0.3) is 0 Å². The first-order chi connectivity index (χ1) is 9.63. The third kappa shape index (κ3) is 3.86. The summed E-state index contributed by atoms with van der Waals surface area (Å²) in [6, 6.07) is 7.89. The molecule has 0 radical (unpaired) electrons. The molecule has 1 aliphatic rings. The highest BCUT2D eigenvalue weighted by molar-refractivity contribution is 8.07. The second kappa shape index (κ2) is 7.62. The zero-order valence-electron chi connectivity index (χ0n) is 12.4. The van der Waals surface area contributed by atoms with E-state index in [0.29, 0.717) is 17.1 Å². The number of ether oxygens (including phenoxy) is 1. The lowest BCUT2D eigenvalue weighted by molar-refractivity contribution is 0.173. The molecule has 0 amide bonds. The van der Waals surface area contributed by atoms with Crippen LogP contribution < -0.4 is 4.74 Å². The molecule has 2 nitrogen and oxygen atoms in total. The van der Waals surface area contributed by atoms with Crippen LogP contribution in [-0.2, 0) is 0 Å². The van der Waals surface area contributed by atoms with Gasteiger partial charge in [0, 0.05) is 27.1 Å². The minimum absolute atomic E-state index is 0.248. The van der Waals surface area contributed by atoms with Crippen LogP contribution in [-0.4, -0.2) is 33.2 Å². The molecule has 1 fully saturated rings. The number of para-hydroxylation sites is 1. The standard InChI is InChI=1S/C16H24O2S2/c1-4-9-18-14-8-6-5-7-13(14)16(17)15-10-19-11(2)12(3)20-15/h5-8,11-12,15-17H,4,9-10H2,1-3H3. The fraction of sp³-hybridized carbons (Fsp3) is 0.625. The summed E-state index contributed by atoms with van der Waals surface area (Å²) in [5, 5.41) is 12.2. The Balaban J connectivity index is 2.10. The van der Waals surface area contributed by atoms with Crippen LogP contribution in [0.3, 0.4) is 0 Å². The lowest BCUT2D eigenvalue weighted by Crippen LogP contribution is -2.30. The zero-order valence-corrected chi connectivity index (χ0v) is 14.0. The van der Waals surface area contributed by atoms with Crippen molar-refractivity contribution in [2.75, 3.05) is 12.4 Å². The normalized spacial score (nSPS) is 28.1. The number of hydrogen-bond donors (Lipinski definition) is 1. The van der Waals surface area contributed by atoms with E-state index >= 15 is 0 Å². The molecule has 0 aliphatic carbocycles. The Morgan fingerprint density at radius 3 is 2.75 bits per heavy atom. The molecular formula is C16H24O2S2. The second-order valence-electron chi connectivity index (χ2n) is 5.25. The highest BCUT2D eigenvalue weighted by Crippen LogP contribution is 2.42. The Kier molecular flexibility index (Phi) is 6.12. The van der Waals surface area contributed by atoms with Gasteiger partial charge in [-0.1, -0.05) is 39.0 Å². The second-order valence-corrected chi connectivity index (χ2v) is 8.28. The van der Waals surface area contributed by atoms with Gasteiger partial charge in [-0.2, -0.15) is 23.5 Å². The van der Waals surface area contributed by atoms with Crippen molar-refractivity contribution < 1.29 is 9.84 Å². The van der Waals surface area contributed by atoms with E-state index in [0.717, 1.165) is 23.5 Å². The summed E-state index contributed by atoms with van der Waals surface area (Å²) in [5.74, 6) is 1.83. The van der Waals surface area contributed by atoms with Gasteiger partial charge >= 0.3 is 0 Å². The quantitative estimate of drug-likeness (QED) is 0.885. The first kappa shape index (κ1) is 16.1. The molecule has 4 atom stereocenters. The molecule has 20 heavy (non-hydrogen) atoms. The molecule has 1 N–H and O–H groups in total. The van der Waals surface area contributed by atoms with Crippen LogP contribution in [0.4, 0.5) is 0 Å². The van der Waals surface area contributed by atoms with Gasteiger partial charge < -0.3 is 9.84 Å². The molecule has 1 aromatic rings. The van der Waals surface area contributed by atoms with E-state index in [4.69, 9.17) is 4.74 Å². The fourth-order valence-corrected chi connectivity index (χ4v) is 5.23. The van der Waals surface area contributed by atoms with Crippen LogP contribution in [0.1, 0.15) is 38.9 Å². The predicted octanol–water partition coefficient (Wildman–Crippen LogP) is 4.13. The van der Waals surface area contributed by atoms with E-state index in [1.165, 1.54) is 0 Å². The Bertz CT molecular complexity index is 425. The lowest BCUT2D eigenvalue weighted by atomic mass is 10.1. The van der Waals surface area contributed by atoms with Crippen LogP contribution in [0, 0.1) is 0 Å². The molecule has 0 aromatic heterocycles. The van der Waals surface area contributed by atoms with Crippen LogP contribution in [0.5, 0.6) is 5.75 Å². The van der Waals surface area contributed by atoms with Crippen LogP contribution in [0.15, 0.2) is 24.3 Å². The SMILES string of the molecule is CCCOc1ccccc1C(O)C1CSC(C)C(C)S1. The van der Waals surface area contributed by atoms with Gasteiger partial charge in [-0.25, -0.2) is 0 Å². The first-order valence-corrected chi connectivity index (χ1v) is 9.29. The van der Waals surface area contributed by atoms with Crippen molar-refractivity contribution in [1.29, 1.82) is 0 Å². The summed E-state index contributed by atoms with van der Waals surface area (Å²) in [7, 11) is 0. The summed E-state index contributed by atoms with van der Waals surface area (Å²) in [6.07, 6.45) is 0.531. The molecule has 4 unspecified atom stereocenters. The molecule has 0 spiro atoms. The maximum Gasteiger partial charge on any atom is 0.125 e. The van der Waals surface area contributed by atoms with E-state index in [1.54, 1.807) is 0 Å². The minimum Gasteiger partial charge on any atom is -0.493 e. The van der Waals surface area contributed by atoms with E-state index < -0.39 is 6.10 Å². The van der Waals surface area contributed by atoms with Crippen molar-refractivity contribution >= 4 is 23.5 Å². The van der Waals surface area contributed by atoms with Crippen molar-refractivity contribution in [3.63, 3.8) is 0 Å². The van der Waals surface area contributed by atoms with Crippen molar-refractivity contribution in [3.8, 4) is 5.75 Å². The molecule has 0 saturated carbocycles. The minimum atomic E-state index is -0.449. The Labute approximate surface area is 130 Å². The van der Waals surface area contributed by atoms with Crippen molar-refractivity contribution in [3.05, 3.63) is 29.8 Å². The molecule has 1 aliphatic heterocycles. The van der Waals surface area contributed by atoms with Crippen molar-refractivity contribution in [1.82, 2.24) is 0 Å². The van der Waals surface area contributed by atoms with Gasteiger partial charge in [0.2, 0.25) is 0 Å². The van der Waals surface area contributed by atoms with Gasteiger partial charge in [-0.3, -0.25) is 0 Å². The number of aliphatic hydroxyl groups is 1. The predicted molar refractivity (Wildman–Crippen MR) is 89.9 cm³/mol. The average Bonchev–Trinajstić information content (AvgIpc) is 2.47. The van der Waals surface area contributed by atoms with E-state index in [1.807, 2.05) is 47.8 Å². The topological polar surface area (TPSA) is 29.5 Å². The maximum atomic E-state index is 10.7. The highest BCUT2D eigenvalue weighted by atomic mass is 32.2. The molecule has 1 heterocycles. The molecular weight excluding hydrogens is 288 g/mol. The molecule has 4 heteroatoms. The molecule has 1 saturated heterocycles. The van der Waals surface area contributed by atoms with Gasteiger partial charge in [-0.05, 0) is 12.5 Å². The molecule has 0 bridgehead atoms. The summed E-state index contributed by atoms with van der Waals surface area (Å²) >= 11 is 3.86. The number of thioether (sulfide) groups is 2. The van der Waals surface area contributed by atoms with Crippen LogP contribution in [0.2, 0.25) is 0 Å². The summed E-state index contributed by atoms with van der Waals surface area (Å²) in [4.78, 5) is 0. The summed E-state index contributed by atoms with van der Waals surface area (Å²) in [6.45, 7) is 7.31. The number of benzene rings is 1. The van der Waals surface area contributed by atoms with Gasteiger partial charge in [-0.15, -0.1) is 0 Å². The molecule has 1 aromatic carbocycles. The Morgan fingerprint density at radius 2 is 2.05 bits per heavy atom. The Hall–Kier alpha value is -0.320. The number of rotatable bonds is 5. The Morgan fingerprint density at radius 1 is 1.30 bits per heavy atom. The monoisotopic (exact) mass is 312 g/mol. The largest absolute Gasteiger partial charge is 0.493 e. The fourth-order valence-electron chi connectivity index (χ4n) is 2.24. The van der Waals surface area contributed by atoms with Gasteiger partial charge in [0.05, 0.1) is 12.7 Å². The molecule has 2 rings (SSSR count). The maximum absolute atomic E-state index is 10.7.